The van der Waals surface area contributed by atoms with Gasteiger partial charge in [-0.2, -0.15) is 0 Å². The van der Waals surface area contributed by atoms with Crippen molar-refractivity contribution in [3.05, 3.63) is 47.4 Å². The first-order valence-corrected chi connectivity index (χ1v) is 6.35. The normalized spacial score (nSPS) is 10.9. The molecule has 0 aliphatic rings. The Labute approximate surface area is 141 Å². The van der Waals surface area contributed by atoms with E-state index in [2.05, 4.69) is 10.3 Å². The third-order valence-corrected chi connectivity index (χ3v) is 2.93. The molecular formula is C15H20IN3O2. The van der Waals surface area contributed by atoms with Crippen molar-refractivity contribution in [2.75, 3.05) is 12.4 Å². The third kappa shape index (κ3) is 4.96. The molecule has 0 radical (unpaired) electrons. The van der Waals surface area contributed by atoms with Gasteiger partial charge in [0.05, 0.1) is 13.7 Å². The van der Waals surface area contributed by atoms with Crippen molar-refractivity contribution in [1.29, 1.82) is 0 Å². The lowest BCUT2D eigenvalue weighted by atomic mass is 10.2. The summed E-state index contributed by atoms with van der Waals surface area (Å²) in [7, 11) is 1.63. The van der Waals surface area contributed by atoms with Crippen molar-refractivity contribution in [2.45, 2.75) is 20.4 Å². The van der Waals surface area contributed by atoms with Crippen LogP contribution in [-0.2, 0) is 6.54 Å². The van der Waals surface area contributed by atoms with Crippen LogP contribution in [0.25, 0.3) is 0 Å². The molecule has 0 unspecified atom stereocenters. The fourth-order valence-electron chi connectivity index (χ4n) is 1.87. The first-order chi connectivity index (χ1) is 9.58. The van der Waals surface area contributed by atoms with E-state index in [1.807, 2.05) is 44.2 Å². The zero-order valence-electron chi connectivity index (χ0n) is 12.3. The molecular weight excluding hydrogens is 381 g/mol. The lowest BCUT2D eigenvalue weighted by molar-refractivity contribution is 0.415. The van der Waals surface area contributed by atoms with Gasteiger partial charge in [0.2, 0.25) is 0 Å². The Morgan fingerprint density at radius 3 is 2.48 bits per heavy atom. The van der Waals surface area contributed by atoms with Gasteiger partial charge in [-0.15, -0.1) is 24.0 Å². The first-order valence-electron chi connectivity index (χ1n) is 6.35. The van der Waals surface area contributed by atoms with E-state index in [-0.39, 0.29) is 24.0 Å². The maximum absolute atomic E-state index is 5.86. The van der Waals surface area contributed by atoms with Gasteiger partial charge in [0.15, 0.2) is 5.96 Å². The number of aliphatic imine (C=N–C) groups is 1. The van der Waals surface area contributed by atoms with Gasteiger partial charge in [0.1, 0.15) is 17.3 Å². The highest BCUT2D eigenvalue weighted by molar-refractivity contribution is 14.0. The summed E-state index contributed by atoms with van der Waals surface area (Å²) in [6.45, 7) is 4.34. The van der Waals surface area contributed by atoms with Gasteiger partial charge in [0, 0.05) is 11.3 Å². The van der Waals surface area contributed by atoms with Gasteiger partial charge in [-0.3, -0.25) is 0 Å². The van der Waals surface area contributed by atoms with E-state index in [0.717, 1.165) is 28.5 Å². The molecule has 114 valence electrons. The van der Waals surface area contributed by atoms with Crippen LogP contribution in [0.3, 0.4) is 0 Å². The number of methoxy groups -OCH3 is 1. The minimum Gasteiger partial charge on any atom is -0.497 e. The molecule has 0 fully saturated rings. The number of hydrogen-bond donors (Lipinski definition) is 2. The SMILES string of the molecule is COc1ccc(NC(N)=NCc2cc(C)oc2C)cc1.I. The van der Waals surface area contributed by atoms with Crippen LogP contribution in [0, 0.1) is 13.8 Å². The molecule has 0 atom stereocenters. The number of ether oxygens (including phenoxy) is 1. The molecule has 2 rings (SSSR count). The average molecular weight is 401 g/mol. The lowest BCUT2D eigenvalue weighted by Gasteiger charge is -2.06. The number of benzene rings is 1. The van der Waals surface area contributed by atoms with Gasteiger partial charge in [-0.25, -0.2) is 4.99 Å². The summed E-state index contributed by atoms with van der Waals surface area (Å²) < 4.78 is 10.5. The van der Waals surface area contributed by atoms with Gasteiger partial charge in [-0.1, -0.05) is 0 Å². The van der Waals surface area contributed by atoms with Crippen molar-refractivity contribution in [2.24, 2.45) is 10.7 Å². The third-order valence-electron chi connectivity index (χ3n) is 2.93. The van der Waals surface area contributed by atoms with Crippen molar-refractivity contribution >= 4 is 35.6 Å². The zero-order chi connectivity index (χ0) is 14.5. The summed E-state index contributed by atoms with van der Waals surface area (Å²) >= 11 is 0. The molecule has 0 bridgehead atoms. The number of halogens is 1. The second-order valence-electron chi connectivity index (χ2n) is 4.49. The number of furan rings is 1. The number of guanidine groups is 1. The molecule has 0 saturated heterocycles. The van der Waals surface area contributed by atoms with Crippen LogP contribution in [0.5, 0.6) is 5.75 Å². The molecule has 21 heavy (non-hydrogen) atoms. The van der Waals surface area contributed by atoms with Crippen molar-refractivity contribution in [3.8, 4) is 5.75 Å². The standard InChI is InChI=1S/C15H19N3O2.HI/c1-10-8-12(11(2)20-10)9-17-15(16)18-13-4-6-14(19-3)7-5-13;/h4-8H,9H2,1-3H3,(H3,16,17,18);1H. The molecule has 1 aromatic heterocycles. The van der Waals surface area contributed by atoms with E-state index in [4.69, 9.17) is 14.9 Å². The van der Waals surface area contributed by atoms with Gasteiger partial charge >= 0.3 is 0 Å². The van der Waals surface area contributed by atoms with Gasteiger partial charge < -0.3 is 20.2 Å². The average Bonchev–Trinajstić information content (AvgIpc) is 2.75. The minimum atomic E-state index is 0. The number of rotatable bonds is 4. The second-order valence-corrected chi connectivity index (χ2v) is 4.49. The highest BCUT2D eigenvalue weighted by Gasteiger charge is 2.03. The maximum Gasteiger partial charge on any atom is 0.193 e. The Balaban J connectivity index is 0.00000220. The summed E-state index contributed by atoms with van der Waals surface area (Å²) in [6.07, 6.45) is 0. The summed E-state index contributed by atoms with van der Waals surface area (Å²) in [5.74, 6) is 2.93. The van der Waals surface area contributed by atoms with E-state index in [1.54, 1.807) is 7.11 Å². The number of hydrogen-bond acceptors (Lipinski definition) is 3. The van der Waals surface area contributed by atoms with Crippen LogP contribution < -0.4 is 15.8 Å². The van der Waals surface area contributed by atoms with E-state index >= 15 is 0 Å². The van der Waals surface area contributed by atoms with E-state index in [9.17, 15) is 0 Å². The lowest BCUT2D eigenvalue weighted by Crippen LogP contribution is -2.22. The van der Waals surface area contributed by atoms with Crippen molar-refractivity contribution < 1.29 is 9.15 Å². The Bertz CT molecular complexity index is 606. The summed E-state index contributed by atoms with van der Waals surface area (Å²) in [6, 6.07) is 9.46. The van der Waals surface area contributed by atoms with Crippen LogP contribution in [0.4, 0.5) is 5.69 Å². The fourth-order valence-corrected chi connectivity index (χ4v) is 1.87. The number of anilines is 1. The predicted octanol–water partition coefficient (Wildman–Crippen LogP) is 3.45. The molecule has 0 spiro atoms. The van der Waals surface area contributed by atoms with Crippen LogP contribution in [0.15, 0.2) is 39.7 Å². The first kappa shape index (κ1) is 17.4. The summed E-state index contributed by atoms with van der Waals surface area (Å²) in [5.41, 5.74) is 7.77. The van der Waals surface area contributed by atoms with E-state index < -0.39 is 0 Å². The molecule has 1 heterocycles. The zero-order valence-corrected chi connectivity index (χ0v) is 14.7. The minimum absolute atomic E-state index is 0. The van der Waals surface area contributed by atoms with E-state index in [0.29, 0.717) is 12.5 Å². The molecule has 5 nitrogen and oxygen atoms in total. The number of nitrogens with two attached hydrogens (primary N) is 1. The predicted molar refractivity (Wildman–Crippen MR) is 95.5 cm³/mol. The highest BCUT2D eigenvalue weighted by Crippen LogP contribution is 2.16. The highest BCUT2D eigenvalue weighted by atomic mass is 127. The van der Waals surface area contributed by atoms with Crippen molar-refractivity contribution in [3.63, 3.8) is 0 Å². The van der Waals surface area contributed by atoms with E-state index in [1.165, 1.54) is 0 Å². The number of aryl methyl sites for hydroxylation is 2. The Morgan fingerprint density at radius 1 is 1.29 bits per heavy atom. The number of nitrogens with zero attached hydrogens (tertiary/aromatic N) is 1. The smallest absolute Gasteiger partial charge is 0.193 e. The quantitative estimate of drug-likeness (QED) is 0.468. The summed E-state index contributed by atoms with van der Waals surface area (Å²) in [5, 5.41) is 3.03. The van der Waals surface area contributed by atoms with Gasteiger partial charge in [-0.05, 0) is 44.2 Å². The Morgan fingerprint density at radius 2 is 1.95 bits per heavy atom. The van der Waals surface area contributed by atoms with Crippen LogP contribution >= 0.6 is 24.0 Å². The second kappa shape index (κ2) is 7.92. The molecule has 2 aromatic rings. The van der Waals surface area contributed by atoms with Crippen molar-refractivity contribution in [1.82, 2.24) is 0 Å². The largest absolute Gasteiger partial charge is 0.497 e. The fraction of sp³-hybridized carbons (Fsp3) is 0.267. The molecule has 0 saturated carbocycles. The Kier molecular flexibility index (Phi) is 6.54. The van der Waals surface area contributed by atoms with Gasteiger partial charge in [0.25, 0.3) is 0 Å². The molecule has 0 amide bonds. The molecule has 0 aliphatic carbocycles. The molecule has 0 aliphatic heterocycles. The van der Waals surface area contributed by atoms with Crippen LogP contribution in [0.2, 0.25) is 0 Å². The maximum atomic E-state index is 5.86. The molecule has 3 N–H and O–H groups in total. The van der Waals surface area contributed by atoms with Crippen LogP contribution in [0.1, 0.15) is 17.1 Å². The topological polar surface area (TPSA) is 72.8 Å². The monoisotopic (exact) mass is 401 g/mol. The molecule has 6 heteroatoms. The molecule has 1 aromatic carbocycles. The summed E-state index contributed by atoms with van der Waals surface area (Å²) in [4.78, 5) is 4.30. The van der Waals surface area contributed by atoms with Crippen LogP contribution in [-0.4, -0.2) is 13.1 Å². The Hall–Kier alpha value is -1.70. The number of nitrogens with one attached hydrogen (secondary N) is 1.